The maximum atomic E-state index is 13.0. The Kier molecular flexibility index (Phi) is 7.91. The van der Waals surface area contributed by atoms with E-state index >= 15 is 0 Å². The number of allylic oxidation sites excluding steroid dienone is 1. The molecule has 6 rings (SSSR count). The molecular formula is C30H38N12O. The molecule has 2 aliphatic heterocycles. The molecule has 0 aliphatic carbocycles. The van der Waals surface area contributed by atoms with Gasteiger partial charge in [-0.3, -0.25) is 14.8 Å². The van der Waals surface area contributed by atoms with Crippen molar-refractivity contribution in [3.8, 4) is 0 Å². The van der Waals surface area contributed by atoms with Gasteiger partial charge in [-0.1, -0.05) is 12.6 Å². The number of aromatic amines is 1. The van der Waals surface area contributed by atoms with Crippen LogP contribution in [0.2, 0.25) is 0 Å². The molecule has 13 heteroatoms. The molecule has 13 nitrogen and oxygen atoms in total. The van der Waals surface area contributed by atoms with Crippen LogP contribution < -0.4 is 21.3 Å². The number of nitrogen functional groups attached to an aromatic ring is 1. The number of H-pyrrole nitrogens is 1. The zero-order chi connectivity index (χ0) is 30.1. The van der Waals surface area contributed by atoms with E-state index < -0.39 is 0 Å². The first-order chi connectivity index (χ1) is 20.7. The average molecular weight is 583 g/mol. The van der Waals surface area contributed by atoms with E-state index in [-0.39, 0.29) is 5.91 Å². The van der Waals surface area contributed by atoms with Crippen molar-refractivity contribution in [1.82, 2.24) is 39.9 Å². The predicted molar refractivity (Wildman–Crippen MR) is 170 cm³/mol. The molecule has 2 fully saturated rings. The lowest BCUT2D eigenvalue weighted by Crippen LogP contribution is -2.52. The number of benzene rings is 1. The van der Waals surface area contributed by atoms with Gasteiger partial charge in [-0.25, -0.2) is 15.0 Å². The van der Waals surface area contributed by atoms with Crippen LogP contribution in [0.4, 0.5) is 29.1 Å². The van der Waals surface area contributed by atoms with Crippen LogP contribution in [0, 0.1) is 6.92 Å². The van der Waals surface area contributed by atoms with Crippen LogP contribution in [0.25, 0.3) is 16.6 Å². The van der Waals surface area contributed by atoms with Gasteiger partial charge in [0, 0.05) is 62.6 Å². The second-order valence-electron chi connectivity index (χ2n) is 11.4. The Labute approximate surface area is 250 Å². The lowest BCUT2D eigenvalue weighted by atomic mass is 10.0. The van der Waals surface area contributed by atoms with E-state index in [0.29, 0.717) is 57.4 Å². The Morgan fingerprint density at radius 1 is 1.05 bits per heavy atom. The number of piperidine rings is 1. The van der Waals surface area contributed by atoms with Crippen molar-refractivity contribution in [2.75, 3.05) is 67.6 Å². The van der Waals surface area contributed by atoms with E-state index in [0.717, 1.165) is 63.2 Å². The van der Waals surface area contributed by atoms with E-state index in [4.69, 9.17) is 10.7 Å². The highest BCUT2D eigenvalue weighted by atomic mass is 16.1. The molecule has 0 spiro atoms. The number of nitrogens with one attached hydrogen (secondary N) is 3. The molecular weight excluding hydrogens is 544 g/mol. The number of carbonyl (C=O) groups excluding carboxylic acids is 1. The van der Waals surface area contributed by atoms with E-state index in [1.807, 2.05) is 19.9 Å². The Morgan fingerprint density at radius 3 is 2.53 bits per heavy atom. The summed E-state index contributed by atoms with van der Waals surface area (Å²) >= 11 is 0. The van der Waals surface area contributed by atoms with Crippen molar-refractivity contribution in [3.63, 3.8) is 0 Å². The molecule has 0 bridgehead atoms. The number of carbonyl (C=O) groups is 1. The first-order valence-corrected chi connectivity index (χ1v) is 14.6. The van der Waals surface area contributed by atoms with Gasteiger partial charge in [0.15, 0.2) is 11.6 Å². The highest BCUT2D eigenvalue weighted by Gasteiger charge is 2.28. The molecule has 3 aromatic heterocycles. The summed E-state index contributed by atoms with van der Waals surface area (Å²) < 4.78 is 0. The van der Waals surface area contributed by atoms with Crippen molar-refractivity contribution in [1.29, 1.82) is 0 Å². The molecule has 224 valence electrons. The summed E-state index contributed by atoms with van der Waals surface area (Å²) in [6, 6.07) is 7.76. The van der Waals surface area contributed by atoms with Crippen LogP contribution in [0.5, 0.6) is 0 Å². The Balaban J connectivity index is 1.20. The highest BCUT2D eigenvalue weighted by Crippen LogP contribution is 2.30. The molecule has 5 N–H and O–H groups in total. The number of amides is 1. The molecule has 1 amide bonds. The summed E-state index contributed by atoms with van der Waals surface area (Å²) in [6.07, 6.45) is 3.56. The fourth-order valence-corrected chi connectivity index (χ4v) is 5.63. The monoisotopic (exact) mass is 582 g/mol. The molecule has 0 radical (unpaired) electrons. The van der Waals surface area contributed by atoms with Crippen LogP contribution in [0.1, 0.15) is 41.4 Å². The van der Waals surface area contributed by atoms with Gasteiger partial charge in [0.25, 0.3) is 5.91 Å². The molecule has 2 aliphatic rings. The largest absolute Gasteiger partial charge is 0.382 e. The van der Waals surface area contributed by atoms with E-state index in [1.165, 1.54) is 6.33 Å². The number of fused-ring (bicyclic) bond motifs is 1. The number of nitrogens with zero attached hydrogens (tertiary/aromatic N) is 8. The Hall–Kier alpha value is -4.62. The van der Waals surface area contributed by atoms with Crippen molar-refractivity contribution in [2.24, 2.45) is 0 Å². The fraction of sp³-hybridized carbons (Fsp3) is 0.400. The Morgan fingerprint density at radius 2 is 1.81 bits per heavy atom. The van der Waals surface area contributed by atoms with Gasteiger partial charge in [-0.2, -0.15) is 10.1 Å². The minimum Gasteiger partial charge on any atom is -0.382 e. The molecule has 0 saturated carbocycles. The van der Waals surface area contributed by atoms with E-state index in [2.05, 4.69) is 64.1 Å². The maximum absolute atomic E-state index is 13.0. The third kappa shape index (κ3) is 6.13. The van der Waals surface area contributed by atoms with Crippen LogP contribution in [0.15, 0.2) is 37.2 Å². The number of aromatic nitrogens is 6. The molecule has 5 heterocycles. The van der Waals surface area contributed by atoms with Gasteiger partial charge >= 0.3 is 0 Å². The molecule has 43 heavy (non-hydrogen) atoms. The number of likely N-dealkylation sites (N-methyl/N-ethyl adjacent to an activating group) is 1. The van der Waals surface area contributed by atoms with Crippen LogP contribution in [0.3, 0.4) is 0 Å². The quantitative estimate of drug-likeness (QED) is 0.253. The second-order valence-corrected chi connectivity index (χ2v) is 11.4. The van der Waals surface area contributed by atoms with E-state index in [1.54, 1.807) is 18.2 Å². The number of hydrogen-bond acceptors (Lipinski definition) is 11. The normalized spacial score (nSPS) is 16.9. The topological polar surface area (TPSA) is 157 Å². The van der Waals surface area contributed by atoms with Crippen LogP contribution >= 0.6 is 0 Å². The van der Waals surface area contributed by atoms with Gasteiger partial charge in [0.2, 0.25) is 5.95 Å². The van der Waals surface area contributed by atoms with Crippen molar-refractivity contribution >= 4 is 51.6 Å². The summed E-state index contributed by atoms with van der Waals surface area (Å²) in [5.41, 5.74) is 11.0. The van der Waals surface area contributed by atoms with Gasteiger partial charge < -0.3 is 26.2 Å². The minimum atomic E-state index is -0.277. The zero-order valence-electron chi connectivity index (χ0n) is 24.9. The third-order valence-electron chi connectivity index (χ3n) is 8.31. The molecule has 0 unspecified atom stereocenters. The second kappa shape index (κ2) is 11.9. The first-order valence-electron chi connectivity index (χ1n) is 14.6. The average Bonchev–Trinajstić information content (AvgIpc) is 3.48. The minimum absolute atomic E-state index is 0.277. The number of hydrogen-bond donors (Lipinski definition) is 4. The van der Waals surface area contributed by atoms with E-state index in [9.17, 15) is 4.79 Å². The highest BCUT2D eigenvalue weighted by molar-refractivity contribution is 6.05. The summed E-state index contributed by atoms with van der Waals surface area (Å²) in [5.74, 6) is 1.60. The number of rotatable bonds is 7. The van der Waals surface area contributed by atoms with Crippen LogP contribution in [-0.4, -0.2) is 98.2 Å². The molecule has 2 saturated heterocycles. The lowest BCUT2D eigenvalue weighted by Gasteiger charge is -2.42. The number of aryl methyl sites for hydroxylation is 1. The maximum Gasteiger partial charge on any atom is 0.256 e. The lowest BCUT2D eigenvalue weighted by molar-refractivity contribution is 0.0980. The summed E-state index contributed by atoms with van der Waals surface area (Å²) in [7, 11) is 2.19. The number of nitrogens with two attached hydrogens (primary N) is 1. The van der Waals surface area contributed by atoms with Crippen molar-refractivity contribution < 1.29 is 4.79 Å². The Bertz CT molecular complexity index is 1650. The van der Waals surface area contributed by atoms with Gasteiger partial charge in [-0.05, 0) is 57.0 Å². The molecule has 4 aromatic rings. The molecule has 1 aromatic carbocycles. The van der Waals surface area contributed by atoms with Gasteiger partial charge in [0.05, 0.1) is 5.69 Å². The summed E-state index contributed by atoms with van der Waals surface area (Å²) in [4.78, 5) is 38.6. The van der Waals surface area contributed by atoms with Gasteiger partial charge in [-0.15, -0.1) is 0 Å². The van der Waals surface area contributed by atoms with Gasteiger partial charge in [0.1, 0.15) is 23.2 Å². The van der Waals surface area contributed by atoms with Crippen molar-refractivity contribution in [2.45, 2.75) is 32.7 Å². The standard InChI is InChI=1S/C30H38N12O/c1-18(2)22-16-24(39-38-22)35-29(43)20-6-5-19(3)23(15-20)34-28-26-25(32-17-33-28)27(31)37-30(36-26)42-9-7-21(8-10-42)41-13-11-40(4)12-14-41/h5-6,15-17,21H,1,7-14H2,2-4H3,(H2,31,36,37)(H,32,33,34)(H2,35,38,39,43). The number of anilines is 5. The third-order valence-corrected chi connectivity index (χ3v) is 8.31. The zero-order valence-corrected chi connectivity index (χ0v) is 24.9. The van der Waals surface area contributed by atoms with Crippen LogP contribution in [-0.2, 0) is 0 Å². The summed E-state index contributed by atoms with van der Waals surface area (Å²) in [6.45, 7) is 13.9. The smallest absolute Gasteiger partial charge is 0.256 e. The number of piperazine rings is 1. The SMILES string of the molecule is C=C(C)c1cc(NC(=O)c2ccc(C)c(Nc3ncnc4c(N)nc(N5CCC(N6CCN(C)CC6)CC5)nc34)c2)[nH]n1. The van der Waals surface area contributed by atoms with Crippen molar-refractivity contribution in [3.05, 3.63) is 54.0 Å². The summed E-state index contributed by atoms with van der Waals surface area (Å²) in [5, 5.41) is 13.2. The predicted octanol–water partition coefficient (Wildman–Crippen LogP) is 3.28. The molecule has 0 atom stereocenters. The first kappa shape index (κ1) is 28.5. The fourth-order valence-electron chi connectivity index (χ4n) is 5.63.